The van der Waals surface area contributed by atoms with Crippen molar-refractivity contribution in [1.29, 1.82) is 0 Å². The second kappa shape index (κ2) is 5.29. The molecule has 0 heterocycles. The summed E-state index contributed by atoms with van der Waals surface area (Å²) in [7, 11) is 1.38. The number of Topliss-reactive ketones (excluding diaryl/α,β-unsaturated/α-hetero) is 1. The number of methoxy groups -OCH3 is 1. The third kappa shape index (κ3) is 3.05. The Morgan fingerprint density at radius 1 is 1.33 bits per heavy atom. The molecule has 1 rings (SSSR count). The van der Waals surface area contributed by atoms with Crippen molar-refractivity contribution in [3.63, 3.8) is 0 Å². The lowest BCUT2D eigenvalue weighted by Gasteiger charge is -2.33. The zero-order valence-corrected chi connectivity index (χ0v) is 9.79. The molecule has 1 aliphatic rings. The number of hydrogen-bond donors (Lipinski definition) is 0. The summed E-state index contributed by atoms with van der Waals surface area (Å²) < 4.78 is 4.64. The molecule has 0 bridgehead atoms. The van der Waals surface area contributed by atoms with Gasteiger partial charge in [-0.2, -0.15) is 0 Å². The molecule has 0 spiro atoms. The SMILES string of the molecule is COC(=O)C[C@H](C(=O)C(C)C)C1CCC1. The molecular formula is C12H20O3. The summed E-state index contributed by atoms with van der Waals surface area (Å²) in [4.78, 5) is 23.1. The number of hydrogen-bond acceptors (Lipinski definition) is 3. The molecule has 0 aromatic rings. The molecule has 3 heteroatoms. The normalized spacial score (nSPS) is 18.4. The summed E-state index contributed by atoms with van der Waals surface area (Å²) in [6.45, 7) is 3.79. The van der Waals surface area contributed by atoms with E-state index in [9.17, 15) is 9.59 Å². The molecule has 0 N–H and O–H groups in total. The van der Waals surface area contributed by atoms with E-state index in [1.54, 1.807) is 0 Å². The Balaban J connectivity index is 2.60. The van der Waals surface area contributed by atoms with Crippen LogP contribution in [-0.2, 0) is 14.3 Å². The van der Waals surface area contributed by atoms with Crippen LogP contribution in [0.2, 0.25) is 0 Å². The van der Waals surface area contributed by atoms with Crippen LogP contribution in [0.3, 0.4) is 0 Å². The molecule has 0 radical (unpaired) electrons. The number of rotatable bonds is 5. The van der Waals surface area contributed by atoms with Crippen molar-refractivity contribution in [1.82, 2.24) is 0 Å². The van der Waals surface area contributed by atoms with Crippen LogP contribution in [0.4, 0.5) is 0 Å². The van der Waals surface area contributed by atoms with Crippen molar-refractivity contribution < 1.29 is 14.3 Å². The van der Waals surface area contributed by atoms with Gasteiger partial charge in [-0.05, 0) is 18.8 Å². The Kier molecular flexibility index (Phi) is 4.30. The fourth-order valence-electron chi connectivity index (χ4n) is 2.03. The average Bonchev–Trinajstić information content (AvgIpc) is 2.12. The Hall–Kier alpha value is -0.860. The molecule has 0 saturated heterocycles. The molecule has 0 aromatic carbocycles. The number of esters is 1. The minimum atomic E-state index is -0.263. The van der Waals surface area contributed by atoms with Gasteiger partial charge in [-0.3, -0.25) is 9.59 Å². The number of ether oxygens (including phenoxy) is 1. The topological polar surface area (TPSA) is 43.4 Å². The van der Waals surface area contributed by atoms with Crippen LogP contribution in [-0.4, -0.2) is 18.9 Å². The lowest BCUT2D eigenvalue weighted by atomic mass is 9.71. The van der Waals surface area contributed by atoms with Gasteiger partial charge in [-0.15, -0.1) is 0 Å². The van der Waals surface area contributed by atoms with Gasteiger partial charge in [-0.25, -0.2) is 0 Å². The van der Waals surface area contributed by atoms with Crippen molar-refractivity contribution in [2.45, 2.75) is 39.5 Å². The predicted octanol–water partition coefficient (Wildman–Crippen LogP) is 2.19. The zero-order valence-electron chi connectivity index (χ0n) is 9.79. The maximum atomic E-state index is 11.9. The first-order chi connectivity index (χ1) is 7.06. The van der Waals surface area contributed by atoms with Gasteiger partial charge in [0, 0.05) is 11.8 Å². The van der Waals surface area contributed by atoms with Crippen molar-refractivity contribution >= 4 is 11.8 Å². The van der Waals surface area contributed by atoms with E-state index in [4.69, 9.17) is 0 Å². The van der Waals surface area contributed by atoms with Crippen LogP contribution in [0, 0.1) is 17.8 Å². The minimum absolute atomic E-state index is 0.0141. The Morgan fingerprint density at radius 2 is 1.93 bits per heavy atom. The molecule has 86 valence electrons. The van der Waals surface area contributed by atoms with E-state index in [1.807, 2.05) is 13.8 Å². The van der Waals surface area contributed by atoms with Crippen LogP contribution >= 0.6 is 0 Å². The smallest absolute Gasteiger partial charge is 0.306 e. The summed E-state index contributed by atoms with van der Waals surface area (Å²) in [5.74, 6) is 0.274. The summed E-state index contributed by atoms with van der Waals surface area (Å²) in [6, 6.07) is 0. The molecule has 0 aromatic heterocycles. The van der Waals surface area contributed by atoms with Crippen LogP contribution in [0.1, 0.15) is 39.5 Å². The van der Waals surface area contributed by atoms with Crippen LogP contribution < -0.4 is 0 Å². The van der Waals surface area contributed by atoms with E-state index < -0.39 is 0 Å². The molecule has 1 atom stereocenters. The van der Waals surface area contributed by atoms with Gasteiger partial charge in [0.1, 0.15) is 5.78 Å². The summed E-state index contributed by atoms with van der Waals surface area (Å²) in [5.41, 5.74) is 0. The Morgan fingerprint density at radius 3 is 2.27 bits per heavy atom. The van der Waals surface area contributed by atoms with E-state index in [0.29, 0.717) is 5.92 Å². The first kappa shape index (κ1) is 12.2. The highest BCUT2D eigenvalue weighted by Gasteiger charge is 2.35. The second-order valence-electron chi connectivity index (χ2n) is 4.63. The highest BCUT2D eigenvalue weighted by Crippen LogP contribution is 2.37. The Labute approximate surface area is 91.2 Å². The van der Waals surface area contributed by atoms with Gasteiger partial charge in [0.2, 0.25) is 0 Å². The highest BCUT2D eigenvalue weighted by molar-refractivity contribution is 5.87. The fourth-order valence-corrected chi connectivity index (χ4v) is 2.03. The van der Waals surface area contributed by atoms with Gasteiger partial charge >= 0.3 is 5.97 Å². The van der Waals surface area contributed by atoms with Gasteiger partial charge in [0.15, 0.2) is 0 Å². The molecule has 0 aliphatic heterocycles. The maximum Gasteiger partial charge on any atom is 0.306 e. The van der Waals surface area contributed by atoms with E-state index in [0.717, 1.165) is 12.8 Å². The minimum Gasteiger partial charge on any atom is -0.469 e. The average molecular weight is 212 g/mol. The van der Waals surface area contributed by atoms with E-state index in [2.05, 4.69) is 4.74 Å². The summed E-state index contributed by atoms with van der Waals surface area (Å²) in [6.07, 6.45) is 3.62. The van der Waals surface area contributed by atoms with Crippen LogP contribution in [0.25, 0.3) is 0 Å². The van der Waals surface area contributed by atoms with E-state index >= 15 is 0 Å². The van der Waals surface area contributed by atoms with Crippen molar-refractivity contribution in [2.24, 2.45) is 17.8 Å². The molecule has 1 fully saturated rings. The lowest BCUT2D eigenvalue weighted by Crippen LogP contribution is -2.33. The molecule has 0 unspecified atom stereocenters. The second-order valence-corrected chi connectivity index (χ2v) is 4.63. The Bertz CT molecular complexity index is 241. The van der Waals surface area contributed by atoms with Gasteiger partial charge in [0.05, 0.1) is 13.5 Å². The molecule has 0 amide bonds. The first-order valence-electron chi connectivity index (χ1n) is 5.66. The van der Waals surface area contributed by atoms with Gasteiger partial charge < -0.3 is 4.74 Å². The quantitative estimate of drug-likeness (QED) is 0.656. The molecular weight excluding hydrogens is 192 g/mol. The van der Waals surface area contributed by atoms with Crippen LogP contribution in [0.15, 0.2) is 0 Å². The fraction of sp³-hybridized carbons (Fsp3) is 0.833. The molecule has 1 saturated carbocycles. The first-order valence-corrected chi connectivity index (χ1v) is 5.66. The predicted molar refractivity (Wildman–Crippen MR) is 57.3 cm³/mol. The highest BCUT2D eigenvalue weighted by atomic mass is 16.5. The van der Waals surface area contributed by atoms with E-state index in [1.165, 1.54) is 13.5 Å². The lowest BCUT2D eigenvalue weighted by molar-refractivity contribution is -0.146. The summed E-state index contributed by atoms with van der Waals surface area (Å²) >= 11 is 0. The van der Waals surface area contributed by atoms with Gasteiger partial charge in [-0.1, -0.05) is 20.3 Å². The number of carbonyl (C=O) groups excluding carboxylic acids is 2. The number of carbonyl (C=O) groups is 2. The van der Waals surface area contributed by atoms with E-state index in [-0.39, 0.29) is 30.0 Å². The van der Waals surface area contributed by atoms with Crippen molar-refractivity contribution in [2.75, 3.05) is 7.11 Å². The molecule has 3 nitrogen and oxygen atoms in total. The number of ketones is 1. The third-order valence-electron chi connectivity index (χ3n) is 3.27. The summed E-state index contributed by atoms with van der Waals surface area (Å²) in [5, 5.41) is 0. The third-order valence-corrected chi connectivity index (χ3v) is 3.27. The molecule has 1 aliphatic carbocycles. The zero-order chi connectivity index (χ0) is 11.4. The van der Waals surface area contributed by atoms with Gasteiger partial charge in [0.25, 0.3) is 0 Å². The van der Waals surface area contributed by atoms with Crippen molar-refractivity contribution in [3.8, 4) is 0 Å². The largest absolute Gasteiger partial charge is 0.469 e. The van der Waals surface area contributed by atoms with Crippen LogP contribution in [0.5, 0.6) is 0 Å². The maximum absolute atomic E-state index is 11.9. The van der Waals surface area contributed by atoms with Crippen molar-refractivity contribution in [3.05, 3.63) is 0 Å². The molecule has 15 heavy (non-hydrogen) atoms. The monoisotopic (exact) mass is 212 g/mol. The standard InChI is InChI=1S/C12H20O3/c1-8(2)12(14)10(7-11(13)15-3)9-5-4-6-9/h8-10H,4-7H2,1-3H3/t10-/m0/s1.